The average molecular weight is 328 g/mol. The second-order valence-corrected chi connectivity index (χ2v) is 7.05. The molecule has 0 bridgehead atoms. The van der Waals surface area contributed by atoms with Gasteiger partial charge in [0.25, 0.3) is 0 Å². The number of aromatic nitrogens is 2. The number of allylic oxidation sites excluding steroid dienone is 1. The quantitative estimate of drug-likeness (QED) is 0.835. The lowest BCUT2D eigenvalue weighted by molar-refractivity contribution is -0.118. The van der Waals surface area contributed by atoms with Gasteiger partial charge in [0.1, 0.15) is 5.82 Å². The highest BCUT2D eigenvalue weighted by Gasteiger charge is 2.39. The van der Waals surface area contributed by atoms with Crippen LogP contribution >= 0.6 is 0 Å². The van der Waals surface area contributed by atoms with Crippen molar-refractivity contribution in [2.75, 3.05) is 10.6 Å². The summed E-state index contributed by atoms with van der Waals surface area (Å²) in [7, 11) is 0. The minimum absolute atomic E-state index is 0.0394. The van der Waals surface area contributed by atoms with Gasteiger partial charge in [0, 0.05) is 17.7 Å². The Balaban J connectivity index is 1.88. The zero-order chi connectivity index (χ0) is 16.9. The van der Waals surface area contributed by atoms with Crippen molar-refractivity contribution >= 4 is 17.4 Å². The topological polar surface area (TPSA) is 80.1 Å². The second-order valence-electron chi connectivity index (χ2n) is 7.05. The summed E-state index contributed by atoms with van der Waals surface area (Å²) in [4.78, 5) is 12.8. The zero-order valence-electron chi connectivity index (χ0n) is 13.4. The van der Waals surface area contributed by atoms with E-state index in [2.05, 4.69) is 20.9 Å². The lowest BCUT2D eigenvalue weighted by atomic mass is 9.73. The van der Waals surface area contributed by atoms with E-state index < -0.39 is 6.04 Å². The fourth-order valence-corrected chi connectivity index (χ4v) is 3.43. The van der Waals surface area contributed by atoms with Crippen LogP contribution in [0.15, 0.2) is 40.2 Å². The molecule has 1 unspecified atom stereocenters. The minimum atomic E-state index is -0.500. The molecule has 2 aliphatic rings. The van der Waals surface area contributed by atoms with Gasteiger partial charge in [0.05, 0.1) is 6.04 Å². The number of nitrogens with one attached hydrogen (secondary N) is 2. The Morgan fingerprint density at radius 3 is 2.83 bits per heavy atom. The molecule has 0 spiro atoms. The summed E-state index contributed by atoms with van der Waals surface area (Å²) >= 11 is 0. The summed E-state index contributed by atoms with van der Waals surface area (Å²) in [6.07, 6.45) is 1.13. The SMILES string of the molecule is CC1(C)CC(=O)C2=C(C1)Nc1nonc1NC2c1cccc(F)c1. The van der Waals surface area contributed by atoms with Crippen LogP contribution in [0.3, 0.4) is 0 Å². The standard InChI is InChI=1S/C17H17FN4O2/c1-17(2)7-11-13(12(23)8-17)14(9-4-3-5-10(18)6-9)20-16-15(19-11)21-24-22-16/h3-6,14H,7-8H2,1-2H3,(H,19,21)(H,20,22). The molecule has 0 amide bonds. The molecule has 1 atom stereocenters. The van der Waals surface area contributed by atoms with E-state index >= 15 is 0 Å². The summed E-state index contributed by atoms with van der Waals surface area (Å²) in [6, 6.07) is 5.72. The summed E-state index contributed by atoms with van der Waals surface area (Å²) in [5, 5.41) is 14.0. The third kappa shape index (κ3) is 2.46. The van der Waals surface area contributed by atoms with Gasteiger partial charge >= 0.3 is 0 Å². The van der Waals surface area contributed by atoms with Crippen LogP contribution < -0.4 is 10.6 Å². The van der Waals surface area contributed by atoms with Crippen molar-refractivity contribution in [2.45, 2.75) is 32.7 Å². The maximum atomic E-state index is 13.7. The predicted molar refractivity (Wildman–Crippen MR) is 85.7 cm³/mol. The number of benzene rings is 1. The Morgan fingerprint density at radius 2 is 2.04 bits per heavy atom. The summed E-state index contributed by atoms with van der Waals surface area (Å²) < 4.78 is 18.5. The molecule has 1 aromatic carbocycles. The Labute approximate surface area is 138 Å². The zero-order valence-corrected chi connectivity index (χ0v) is 13.4. The highest BCUT2D eigenvalue weighted by molar-refractivity contribution is 6.00. The van der Waals surface area contributed by atoms with E-state index in [1.54, 1.807) is 12.1 Å². The number of rotatable bonds is 1. The van der Waals surface area contributed by atoms with Gasteiger partial charge in [-0.15, -0.1) is 0 Å². The van der Waals surface area contributed by atoms with E-state index in [1.165, 1.54) is 12.1 Å². The van der Waals surface area contributed by atoms with Crippen molar-refractivity contribution in [1.82, 2.24) is 10.3 Å². The number of carbonyl (C=O) groups is 1. The molecule has 2 heterocycles. The number of hydrogen-bond acceptors (Lipinski definition) is 6. The van der Waals surface area contributed by atoms with Gasteiger partial charge in [-0.05, 0) is 39.8 Å². The maximum absolute atomic E-state index is 13.7. The van der Waals surface area contributed by atoms with E-state index in [0.717, 1.165) is 5.70 Å². The smallest absolute Gasteiger partial charge is 0.219 e. The van der Waals surface area contributed by atoms with Crippen LogP contribution in [0.4, 0.5) is 16.0 Å². The van der Waals surface area contributed by atoms with Gasteiger partial charge in [0.15, 0.2) is 5.78 Å². The first kappa shape index (κ1) is 14.9. The lowest BCUT2D eigenvalue weighted by Crippen LogP contribution is -2.31. The number of fused-ring (bicyclic) bond motifs is 1. The number of Topliss-reactive ketones (excluding diaryl/α,β-unsaturated/α-hetero) is 1. The molecule has 0 saturated heterocycles. The monoisotopic (exact) mass is 328 g/mol. The minimum Gasteiger partial charge on any atom is -0.353 e. The number of carbonyl (C=O) groups excluding carboxylic acids is 1. The number of anilines is 2. The molecule has 4 rings (SSSR count). The highest BCUT2D eigenvalue weighted by Crippen LogP contribution is 2.44. The average Bonchev–Trinajstić information content (AvgIpc) is 2.85. The molecule has 1 aliphatic carbocycles. The maximum Gasteiger partial charge on any atom is 0.219 e. The van der Waals surface area contributed by atoms with Crippen molar-refractivity contribution in [1.29, 1.82) is 0 Å². The van der Waals surface area contributed by atoms with E-state index in [1.807, 2.05) is 13.8 Å². The number of halogens is 1. The van der Waals surface area contributed by atoms with Gasteiger partial charge in [-0.2, -0.15) is 0 Å². The van der Waals surface area contributed by atoms with E-state index in [-0.39, 0.29) is 17.0 Å². The van der Waals surface area contributed by atoms with Gasteiger partial charge < -0.3 is 10.6 Å². The second kappa shape index (κ2) is 5.15. The highest BCUT2D eigenvalue weighted by atomic mass is 19.1. The van der Waals surface area contributed by atoms with Crippen molar-refractivity contribution in [3.8, 4) is 0 Å². The number of hydrogen-bond donors (Lipinski definition) is 2. The molecular weight excluding hydrogens is 311 g/mol. The summed E-state index contributed by atoms with van der Waals surface area (Å²) in [5.41, 5.74) is 1.90. The molecule has 124 valence electrons. The molecule has 0 radical (unpaired) electrons. The molecule has 24 heavy (non-hydrogen) atoms. The molecule has 1 aromatic heterocycles. The molecule has 0 saturated carbocycles. The van der Waals surface area contributed by atoms with Crippen molar-refractivity contribution in [2.24, 2.45) is 5.41 Å². The van der Waals surface area contributed by atoms with Crippen LogP contribution in [0.5, 0.6) is 0 Å². The van der Waals surface area contributed by atoms with Crippen LogP contribution in [0.1, 0.15) is 38.3 Å². The Hall–Kier alpha value is -2.70. The van der Waals surface area contributed by atoms with E-state index in [0.29, 0.717) is 35.6 Å². The van der Waals surface area contributed by atoms with Gasteiger partial charge in [-0.1, -0.05) is 26.0 Å². The molecular formula is C17H17FN4O2. The molecule has 1 aliphatic heterocycles. The Kier molecular flexibility index (Phi) is 3.19. The fourth-order valence-electron chi connectivity index (χ4n) is 3.43. The van der Waals surface area contributed by atoms with Crippen LogP contribution in [-0.4, -0.2) is 16.1 Å². The Bertz CT molecular complexity index is 856. The van der Waals surface area contributed by atoms with E-state index in [9.17, 15) is 9.18 Å². The van der Waals surface area contributed by atoms with Crippen LogP contribution in [-0.2, 0) is 4.79 Å². The van der Waals surface area contributed by atoms with Crippen molar-refractivity contribution in [3.05, 3.63) is 46.9 Å². The third-order valence-electron chi connectivity index (χ3n) is 4.43. The van der Waals surface area contributed by atoms with Gasteiger partial charge in [-0.3, -0.25) is 4.79 Å². The molecule has 6 nitrogen and oxygen atoms in total. The number of ketones is 1. The van der Waals surface area contributed by atoms with E-state index in [4.69, 9.17) is 4.63 Å². The largest absolute Gasteiger partial charge is 0.353 e. The Morgan fingerprint density at radius 1 is 1.25 bits per heavy atom. The summed E-state index contributed by atoms with van der Waals surface area (Å²) in [6.45, 7) is 4.10. The molecule has 0 fully saturated rings. The third-order valence-corrected chi connectivity index (χ3v) is 4.43. The first-order chi connectivity index (χ1) is 11.4. The van der Waals surface area contributed by atoms with Crippen LogP contribution in [0.2, 0.25) is 0 Å². The number of nitrogens with zero attached hydrogens (tertiary/aromatic N) is 2. The molecule has 2 aromatic rings. The van der Waals surface area contributed by atoms with Crippen molar-refractivity contribution < 1.29 is 13.8 Å². The van der Waals surface area contributed by atoms with Crippen molar-refractivity contribution in [3.63, 3.8) is 0 Å². The lowest BCUT2D eigenvalue weighted by Gasteiger charge is -2.33. The fraction of sp³-hybridized carbons (Fsp3) is 0.353. The predicted octanol–water partition coefficient (Wildman–Crippen LogP) is 3.43. The van der Waals surface area contributed by atoms with Crippen LogP contribution in [0, 0.1) is 11.2 Å². The molecule has 7 heteroatoms. The summed E-state index contributed by atoms with van der Waals surface area (Å²) in [5.74, 6) is 0.532. The van der Waals surface area contributed by atoms with Crippen LogP contribution in [0.25, 0.3) is 0 Å². The molecule has 2 N–H and O–H groups in total. The first-order valence-electron chi connectivity index (χ1n) is 7.81. The van der Waals surface area contributed by atoms with Gasteiger partial charge in [0.2, 0.25) is 11.6 Å². The van der Waals surface area contributed by atoms with Gasteiger partial charge in [-0.25, -0.2) is 9.02 Å². The normalized spacial score (nSPS) is 22.1. The first-order valence-corrected chi connectivity index (χ1v) is 7.81.